The Morgan fingerprint density at radius 3 is 3.00 bits per heavy atom. The zero-order valence-electron chi connectivity index (χ0n) is 9.42. The standard InChI is InChI=1S/C12H13N3OS/c1-2-15-8-10(7-13-15)14-12(16)9-4-3-5-11(17)6-9/h3-8,17H,2H2,1H3,(H,14,16). The molecule has 17 heavy (non-hydrogen) atoms. The lowest BCUT2D eigenvalue weighted by Crippen LogP contribution is -2.11. The topological polar surface area (TPSA) is 46.9 Å². The Morgan fingerprint density at radius 1 is 1.53 bits per heavy atom. The SMILES string of the molecule is CCn1cc(NC(=O)c2cccc(S)c2)cn1. The maximum Gasteiger partial charge on any atom is 0.255 e. The Labute approximate surface area is 105 Å². The van der Waals surface area contributed by atoms with Crippen molar-refractivity contribution < 1.29 is 4.79 Å². The Morgan fingerprint density at radius 2 is 2.35 bits per heavy atom. The summed E-state index contributed by atoms with van der Waals surface area (Å²) in [5, 5.41) is 6.87. The molecule has 0 aliphatic rings. The molecule has 5 heteroatoms. The van der Waals surface area contributed by atoms with Gasteiger partial charge in [-0.15, -0.1) is 12.6 Å². The Hall–Kier alpha value is -1.75. The van der Waals surface area contributed by atoms with E-state index in [1.165, 1.54) is 0 Å². The number of carbonyl (C=O) groups is 1. The zero-order valence-corrected chi connectivity index (χ0v) is 10.3. The van der Waals surface area contributed by atoms with Crippen molar-refractivity contribution in [1.82, 2.24) is 9.78 Å². The average Bonchev–Trinajstić information content (AvgIpc) is 2.77. The van der Waals surface area contributed by atoms with E-state index in [1.807, 2.05) is 13.0 Å². The van der Waals surface area contributed by atoms with Crippen LogP contribution in [0.1, 0.15) is 17.3 Å². The first-order valence-corrected chi connectivity index (χ1v) is 5.76. The molecule has 0 saturated carbocycles. The van der Waals surface area contributed by atoms with E-state index in [4.69, 9.17) is 0 Å². The van der Waals surface area contributed by atoms with Gasteiger partial charge < -0.3 is 5.32 Å². The number of rotatable bonds is 3. The van der Waals surface area contributed by atoms with Crippen LogP contribution < -0.4 is 5.32 Å². The average molecular weight is 247 g/mol. The van der Waals surface area contributed by atoms with Crippen LogP contribution in [0.4, 0.5) is 5.69 Å². The van der Waals surface area contributed by atoms with Crippen LogP contribution in [-0.2, 0) is 6.54 Å². The third-order valence-corrected chi connectivity index (χ3v) is 2.60. The van der Waals surface area contributed by atoms with Gasteiger partial charge in [-0.1, -0.05) is 6.07 Å². The van der Waals surface area contributed by atoms with E-state index >= 15 is 0 Å². The second kappa shape index (κ2) is 5.05. The molecule has 2 rings (SSSR count). The number of anilines is 1. The van der Waals surface area contributed by atoms with Gasteiger partial charge in [0.1, 0.15) is 0 Å². The number of benzene rings is 1. The number of nitrogens with one attached hydrogen (secondary N) is 1. The van der Waals surface area contributed by atoms with E-state index in [0.29, 0.717) is 11.3 Å². The van der Waals surface area contributed by atoms with Crippen molar-refractivity contribution >= 4 is 24.2 Å². The highest BCUT2D eigenvalue weighted by molar-refractivity contribution is 7.80. The van der Waals surface area contributed by atoms with Crippen molar-refractivity contribution in [1.29, 1.82) is 0 Å². The van der Waals surface area contributed by atoms with Crippen LogP contribution in [0.25, 0.3) is 0 Å². The van der Waals surface area contributed by atoms with Crippen molar-refractivity contribution in [2.75, 3.05) is 5.32 Å². The fraction of sp³-hybridized carbons (Fsp3) is 0.167. The Kier molecular flexibility index (Phi) is 3.49. The van der Waals surface area contributed by atoms with Gasteiger partial charge in [0.25, 0.3) is 5.91 Å². The summed E-state index contributed by atoms with van der Waals surface area (Å²) in [6.07, 6.45) is 3.42. The number of aryl methyl sites for hydroxylation is 1. The molecule has 1 aromatic carbocycles. The third kappa shape index (κ3) is 2.88. The third-order valence-electron chi connectivity index (χ3n) is 2.32. The molecular formula is C12H13N3OS. The first-order chi connectivity index (χ1) is 8.19. The van der Waals surface area contributed by atoms with Gasteiger partial charge in [-0.2, -0.15) is 5.10 Å². The van der Waals surface area contributed by atoms with Crippen LogP contribution >= 0.6 is 12.6 Å². The predicted molar refractivity (Wildman–Crippen MR) is 69.5 cm³/mol. The number of aromatic nitrogens is 2. The zero-order chi connectivity index (χ0) is 12.3. The van der Waals surface area contributed by atoms with Gasteiger partial charge in [0.15, 0.2) is 0 Å². The van der Waals surface area contributed by atoms with Crippen LogP contribution in [0, 0.1) is 0 Å². The molecule has 0 aliphatic heterocycles. The Bertz CT molecular complexity index is 536. The van der Waals surface area contributed by atoms with Gasteiger partial charge in [-0.25, -0.2) is 0 Å². The molecular weight excluding hydrogens is 234 g/mol. The largest absolute Gasteiger partial charge is 0.319 e. The summed E-state index contributed by atoms with van der Waals surface area (Å²) in [4.78, 5) is 12.6. The van der Waals surface area contributed by atoms with E-state index in [9.17, 15) is 4.79 Å². The maximum absolute atomic E-state index is 11.9. The minimum absolute atomic E-state index is 0.156. The molecule has 1 aromatic heterocycles. The molecule has 1 N–H and O–H groups in total. The second-order valence-corrected chi connectivity index (χ2v) is 4.11. The first-order valence-electron chi connectivity index (χ1n) is 5.32. The van der Waals surface area contributed by atoms with Gasteiger partial charge in [-0.05, 0) is 25.1 Å². The number of carbonyl (C=O) groups excluding carboxylic acids is 1. The summed E-state index contributed by atoms with van der Waals surface area (Å²) in [6.45, 7) is 2.77. The smallest absolute Gasteiger partial charge is 0.255 e. The van der Waals surface area contributed by atoms with Crippen LogP contribution in [0.3, 0.4) is 0 Å². The highest BCUT2D eigenvalue weighted by Gasteiger charge is 2.07. The van der Waals surface area contributed by atoms with Gasteiger partial charge in [0.05, 0.1) is 11.9 Å². The van der Waals surface area contributed by atoms with Crippen molar-refractivity contribution in [3.05, 3.63) is 42.2 Å². The summed E-state index contributed by atoms with van der Waals surface area (Å²) in [5.74, 6) is -0.156. The molecule has 0 atom stereocenters. The van der Waals surface area contributed by atoms with Crippen molar-refractivity contribution in [2.45, 2.75) is 18.4 Å². The van der Waals surface area contributed by atoms with Crippen LogP contribution in [0.2, 0.25) is 0 Å². The summed E-state index contributed by atoms with van der Waals surface area (Å²) in [5.41, 5.74) is 1.28. The molecule has 0 radical (unpaired) electrons. The van der Waals surface area contributed by atoms with Crippen LogP contribution in [-0.4, -0.2) is 15.7 Å². The fourth-order valence-corrected chi connectivity index (χ4v) is 1.68. The minimum atomic E-state index is -0.156. The maximum atomic E-state index is 11.9. The molecule has 0 spiro atoms. The molecule has 0 aliphatic carbocycles. The van der Waals surface area contributed by atoms with Crippen molar-refractivity contribution in [2.24, 2.45) is 0 Å². The van der Waals surface area contributed by atoms with Gasteiger partial charge >= 0.3 is 0 Å². The molecule has 4 nitrogen and oxygen atoms in total. The lowest BCUT2D eigenvalue weighted by atomic mass is 10.2. The number of amides is 1. The number of hydrogen-bond donors (Lipinski definition) is 2. The highest BCUT2D eigenvalue weighted by atomic mass is 32.1. The van der Waals surface area contributed by atoms with Gasteiger partial charge in [-0.3, -0.25) is 9.48 Å². The first kappa shape index (κ1) is 11.7. The summed E-state index contributed by atoms with van der Waals surface area (Å²) in [7, 11) is 0. The van der Waals surface area contributed by atoms with Crippen molar-refractivity contribution in [3.8, 4) is 0 Å². The van der Waals surface area contributed by atoms with Gasteiger partial charge in [0.2, 0.25) is 0 Å². The molecule has 0 fully saturated rings. The van der Waals surface area contributed by atoms with E-state index in [0.717, 1.165) is 11.4 Å². The summed E-state index contributed by atoms with van der Waals surface area (Å²) < 4.78 is 1.75. The van der Waals surface area contributed by atoms with Crippen LogP contribution in [0.15, 0.2) is 41.6 Å². The highest BCUT2D eigenvalue weighted by Crippen LogP contribution is 2.12. The van der Waals surface area contributed by atoms with E-state index < -0.39 is 0 Å². The fourth-order valence-electron chi connectivity index (χ4n) is 1.45. The second-order valence-electron chi connectivity index (χ2n) is 3.59. The normalized spacial score (nSPS) is 10.2. The van der Waals surface area contributed by atoms with E-state index in [2.05, 4.69) is 23.0 Å². The monoisotopic (exact) mass is 247 g/mol. The van der Waals surface area contributed by atoms with Gasteiger partial charge in [0, 0.05) is 23.2 Å². The summed E-state index contributed by atoms with van der Waals surface area (Å²) >= 11 is 4.20. The molecule has 0 saturated heterocycles. The Balaban J connectivity index is 2.11. The molecule has 2 aromatic rings. The molecule has 88 valence electrons. The van der Waals surface area contributed by atoms with Crippen LogP contribution in [0.5, 0.6) is 0 Å². The quantitative estimate of drug-likeness (QED) is 0.818. The minimum Gasteiger partial charge on any atom is -0.319 e. The predicted octanol–water partition coefficient (Wildman–Crippen LogP) is 2.44. The lowest BCUT2D eigenvalue weighted by Gasteiger charge is -2.02. The van der Waals surface area contributed by atoms with Crippen molar-refractivity contribution in [3.63, 3.8) is 0 Å². The molecule has 0 unspecified atom stereocenters. The number of nitrogens with zero attached hydrogens (tertiary/aromatic N) is 2. The van der Waals surface area contributed by atoms with E-state index in [1.54, 1.807) is 35.3 Å². The number of hydrogen-bond acceptors (Lipinski definition) is 3. The summed E-state index contributed by atoms with van der Waals surface area (Å²) in [6, 6.07) is 7.10. The van der Waals surface area contributed by atoms with E-state index in [-0.39, 0.29) is 5.91 Å². The lowest BCUT2D eigenvalue weighted by molar-refractivity contribution is 0.102. The molecule has 0 bridgehead atoms. The number of thiol groups is 1. The molecule has 1 amide bonds. The molecule has 1 heterocycles.